The molecule has 1 unspecified atom stereocenters. The normalized spacial score (nSPS) is 18.5. The largest absolute Gasteiger partial charge is 0.334 e. The van der Waals surface area contributed by atoms with Crippen LogP contribution in [0, 0.1) is 5.82 Å². The molecule has 2 heterocycles. The van der Waals surface area contributed by atoms with Crippen LogP contribution >= 0.6 is 0 Å². The quantitative estimate of drug-likeness (QED) is 0.913. The van der Waals surface area contributed by atoms with Crippen molar-refractivity contribution in [3.63, 3.8) is 0 Å². The maximum atomic E-state index is 12.9. The van der Waals surface area contributed by atoms with Crippen molar-refractivity contribution in [3.05, 3.63) is 35.9 Å². The predicted octanol–water partition coefficient (Wildman–Crippen LogP) is 2.06. The van der Waals surface area contributed by atoms with Gasteiger partial charge in [-0.2, -0.15) is 4.98 Å². The lowest BCUT2D eigenvalue weighted by molar-refractivity contribution is 0.202. The molecule has 112 valence electrons. The van der Waals surface area contributed by atoms with Gasteiger partial charge in [0.1, 0.15) is 5.82 Å². The lowest BCUT2D eigenvalue weighted by atomic mass is 10.2. The number of likely N-dealkylation sites (N-methyl/N-ethyl adjacent to an activating group) is 1. The fourth-order valence-electron chi connectivity index (χ4n) is 2.66. The highest BCUT2D eigenvalue weighted by Crippen LogP contribution is 2.18. The van der Waals surface area contributed by atoms with Crippen molar-refractivity contribution in [3.8, 4) is 11.5 Å². The second-order valence-corrected chi connectivity index (χ2v) is 5.23. The summed E-state index contributed by atoms with van der Waals surface area (Å²) in [5.41, 5.74) is 0.737. The zero-order chi connectivity index (χ0) is 14.7. The summed E-state index contributed by atoms with van der Waals surface area (Å²) < 4.78 is 18.2. The molecule has 1 aliphatic heterocycles. The number of benzene rings is 1. The monoisotopic (exact) mass is 290 g/mol. The van der Waals surface area contributed by atoms with Gasteiger partial charge in [-0.25, -0.2) is 4.39 Å². The first kappa shape index (κ1) is 14.2. The number of nitrogens with one attached hydrogen (secondary N) is 1. The van der Waals surface area contributed by atoms with Crippen LogP contribution < -0.4 is 5.32 Å². The van der Waals surface area contributed by atoms with Gasteiger partial charge in [0.2, 0.25) is 0 Å². The Balaban J connectivity index is 1.70. The van der Waals surface area contributed by atoms with E-state index in [9.17, 15) is 4.39 Å². The Morgan fingerprint density at radius 3 is 2.86 bits per heavy atom. The molecular weight excluding hydrogens is 271 g/mol. The molecule has 1 N–H and O–H groups in total. The molecular formula is C15H19FN4O. The fourth-order valence-corrected chi connectivity index (χ4v) is 2.66. The minimum atomic E-state index is -0.274. The third-order valence-corrected chi connectivity index (χ3v) is 3.86. The average Bonchev–Trinajstić information content (AvgIpc) is 3.17. The second kappa shape index (κ2) is 6.32. The molecule has 2 aromatic rings. The Labute approximate surface area is 123 Å². The van der Waals surface area contributed by atoms with E-state index in [0.717, 1.165) is 31.6 Å². The molecule has 1 aromatic carbocycles. The third kappa shape index (κ3) is 3.28. The van der Waals surface area contributed by atoms with Gasteiger partial charge in [-0.05, 0) is 43.8 Å². The zero-order valence-electron chi connectivity index (χ0n) is 12.1. The average molecular weight is 290 g/mol. The molecule has 6 heteroatoms. The molecule has 21 heavy (non-hydrogen) atoms. The van der Waals surface area contributed by atoms with Crippen molar-refractivity contribution in [2.75, 3.05) is 19.6 Å². The third-order valence-electron chi connectivity index (χ3n) is 3.86. The minimum Gasteiger partial charge on any atom is -0.334 e. The van der Waals surface area contributed by atoms with Gasteiger partial charge in [0, 0.05) is 18.2 Å². The molecule has 1 aromatic heterocycles. The maximum absolute atomic E-state index is 12.9. The summed E-state index contributed by atoms with van der Waals surface area (Å²) in [6.45, 7) is 5.84. The Hall–Kier alpha value is -1.79. The van der Waals surface area contributed by atoms with E-state index >= 15 is 0 Å². The van der Waals surface area contributed by atoms with E-state index in [1.165, 1.54) is 12.1 Å². The molecule has 0 spiro atoms. The second-order valence-electron chi connectivity index (χ2n) is 5.23. The molecule has 1 fully saturated rings. The van der Waals surface area contributed by atoms with Gasteiger partial charge >= 0.3 is 0 Å². The van der Waals surface area contributed by atoms with Crippen LogP contribution in [0.5, 0.6) is 0 Å². The van der Waals surface area contributed by atoms with Crippen molar-refractivity contribution in [1.82, 2.24) is 20.4 Å². The van der Waals surface area contributed by atoms with Gasteiger partial charge in [0.25, 0.3) is 5.89 Å². The predicted molar refractivity (Wildman–Crippen MR) is 77.1 cm³/mol. The van der Waals surface area contributed by atoms with E-state index in [0.29, 0.717) is 24.3 Å². The van der Waals surface area contributed by atoms with E-state index in [-0.39, 0.29) is 5.82 Å². The van der Waals surface area contributed by atoms with Gasteiger partial charge in [0.05, 0.1) is 6.54 Å². The van der Waals surface area contributed by atoms with E-state index in [1.807, 2.05) is 0 Å². The molecule has 1 aliphatic rings. The van der Waals surface area contributed by atoms with Crippen molar-refractivity contribution >= 4 is 0 Å². The number of hydrogen-bond donors (Lipinski definition) is 1. The standard InChI is InChI=1S/C15H19FN4O/c1-2-20(13-7-8-17-9-13)10-14-18-15(21-19-14)11-3-5-12(16)6-4-11/h3-6,13,17H,2,7-10H2,1H3. The van der Waals surface area contributed by atoms with Crippen molar-refractivity contribution in [2.24, 2.45) is 0 Å². The first-order valence-corrected chi connectivity index (χ1v) is 7.29. The van der Waals surface area contributed by atoms with Gasteiger partial charge < -0.3 is 9.84 Å². The summed E-state index contributed by atoms with van der Waals surface area (Å²) in [5, 5.41) is 7.40. The Bertz CT molecular complexity index is 578. The SMILES string of the molecule is CCN(Cc1noc(-c2ccc(F)cc2)n1)C1CCNC1. The first-order chi connectivity index (χ1) is 10.3. The molecule has 5 nitrogen and oxygen atoms in total. The van der Waals surface area contributed by atoms with Crippen LogP contribution in [0.25, 0.3) is 11.5 Å². The maximum Gasteiger partial charge on any atom is 0.257 e. The number of rotatable bonds is 5. The molecule has 0 amide bonds. The number of hydrogen-bond acceptors (Lipinski definition) is 5. The highest BCUT2D eigenvalue weighted by atomic mass is 19.1. The molecule has 1 atom stereocenters. The number of nitrogens with zero attached hydrogens (tertiary/aromatic N) is 3. The lowest BCUT2D eigenvalue weighted by Gasteiger charge is -2.25. The topological polar surface area (TPSA) is 54.2 Å². The summed E-state index contributed by atoms with van der Waals surface area (Å²) in [6.07, 6.45) is 1.15. The van der Waals surface area contributed by atoms with E-state index in [2.05, 4.69) is 27.3 Å². The summed E-state index contributed by atoms with van der Waals surface area (Å²) in [4.78, 5) is 6.75. The van der Waals surface area contributed by atoms with E-state index < -0.39 is 0 Å². The summed E-state index contributed by atoms with van der Waals surface area (Å²) >= 11 is 0. The molecule has 0 bridgehead atoms. The van der Waals surface area contributed by atoms with Crippen LogP contribution in [0.15, 0.2) is 28.8 Å². The molecule has 3 rings (SSSR count). The van der Waals surface area contributed by atoms with Crippen LogP contribution in [0.2, 0.25) is 0 Å². The van der Waals surface area contributed by atoms with Crippen LogP contribution in [0.3, 0.4) is 0 Å². The highest BCUT2D eigenvalue weighted by Gasteiger charge is 2.22. The summed E-state index contributed by atoms with van der Waals surface area (Å²) in [5.74, 6) is 0.832. The van der Waals surface area contributed by atoms with Crippen LogP contribution in [0.1, 0.15) is 19.2 Å². The Kier molecular flexibility index (Phi) is 4.26. The van der Waals surface area contributed by atoms with Crippen LogP contribution in [-0.4, -0.2) is 40.7 Å². The van der Waals surface area contributed by atoms with Crippen molar-refractivity contribution in [1.29, 1.82) is 0 Å². The van der Waals surface area contributed by atoms with Crippen LogP contribution in [0.4, 0.5) is 4.39 Å². The molecule has 1 saturated heterocycles. The summed E-state index contributed by atoms with van der Waals surface area (Å²) in [7, 11) is 0. The van der Waals surface area contributed by atoms with Gasteiger partial charge in [0.15, 0.2) is 5.82 Å². The smallest absolute Gasteiger partial charge is 0.257 e. The van der Waals surface area contributed by atoms with Gasteiger partial charge in [-0.15, -0.1) is 0 Å². The Morgan fingerprint density at radius 2 is 2.19 bits per heavy atom. The first-order valence-electron chi connectivity index (χ1n) is 7.29. The Morgan fingerprint density at radius 1 is 1.38 bits per heavy atom. The van der Waals surface area contributed by atoms with E-state index in [1.54, 1.807) is 12.1 Å². The highest BCUT2D eigenvalue weighted by molar-refractivity contribution is 5.52. The molecule has 0 radical (unpaired) electrons. The van der Waals surface area contributed by atoms with Crippen LogP contribution in [-0.2, 0) is 6.54 Å². The number of halogens is 1. The summed E-state index contributed by atoms with van der Waals surface area (Å²) in [6, 6.07) is 6.60. The van der Waals surface area contributed by atoms with E-state index in [4.69, 9.17) is 4.52 Å². The van der Waals surface area contributed by atoms with Crippen molar-refractivity contribution < 1.29 is 8.91 Å². The molecule has 0 aliphatic carbocycles. The fraction of sp³-hybridized carbons (Fsp3) is 0.467. The molecule has 0 saturated carbocycles. The van der Waals surface area contributed by atoms with Crippen molar-refractivity contribution in [2.45, 2.75) is 25.9 Å². The van der Waals surface area contributed by atoms with Gasteiger partial charge in [-0.1, -0.05) is 12.1 Å². The number of aromatic nitrogens is 2. The lowest BCUT2D eigenvalue weighted by Crippen LogP contribution is -2.36. The minimum absolute atomic E-state index is 0.274. The van der Waals surface area contributed by atoms with Gasteiger partial charge in [-0.3, -0.25) is 4.90 Å². The zero-order valence-corrected chi connectivity index (χ0v) is 12.1.